The second-order valence-electron chi connectivity index (χ2n) is 5.50. The summed E-state index contributed by atoms with van der Waals surface area (Å²) in [6.07, 6.45) is 1.28. The molecule has 0 atom stereocenters. The van der Waals surface area contributed by atoms with Gasteiger partial charge in [0.1, 0.15) is 0 Å². The first-order chi connectivity index (χ1) is 7.88. The molecule has 1 aliphatic rings. The molecule has 0 fully saturated rings. The predicted molar refractivity (Wildman–Crippen MR) is 67.2 cm³/mol. The zero-order chi connectivity index (χ0) is 12.6. The second kappa shape index (κ2) is 3.99. The molecule has 0 radical (unpaired) electrons. The lowest BCUT2D eigenvalue weighted by Crippen LogP contribution is -2.22. The minimum absolute atomic E-state index is 0.0258. The quantitative estimate of drug-likeness (QED) is 0.755. The summed E-state index contributed by atoms with van der Waals surface area (Å²) < 4.78 is 0. The topological polar surface area (TPSA) is 46.2 Å². The van der Waals surface area contributed by atoms with Crippen LogP contribution in [0.2, 0.25) is 0 Å². The number of ketones is 1. The normalized spacial score (nSPS) is 15.1. The lowest BCUT2D eigenvalue weighted by atomic mass is 9.85. The van der Waals surface area contributed by atoms with Crippen LogP contribution in [0.1, 0.15) is 43.1 Å². The van der Waals surface area contributed by atoms with Crippen molar-refractivity contribution in [2.75, 3.05) is 5.32 Å². The molecular formula is C14H17NO2. The molecule has 1 aromatic carbocycles. The average Bonchev–Trinajstić information content (AvgIpc) is 2.25. The molecule has 0 unspecified atom stereocenters. The monoisotopic (exact) mass is 231 g/mol. The van der Waals surface area contributed by atoms with Crippen LogP contribution in [0, 0.1) is 5.41 Å². The van der Waals surface area contributed by atoms with Crippen LogP contribution in [0.25, 0.3) is 0 Å². The van der Waals surface area contributed by atoms with Gasteiger partial charge in [-0.15, -0.1) is 0 Å². The van der Waals surface area contributed by atoms with Crippen molar-refractivity contribution in [3.63, 3.8) is 0 Å². The van der Waals surface area contributed by atoms with Gasteiger partial charge in [-0.3, -0.25) is 9.59 Å². The van der Waals surface area contributed by atoms with Gasteiger partial charge in [-0.1, -0.05) is 32.9 Å². The number of Topliss-reactive ketones (excluding diaryl/α,β-unsaturated/α-hetero) is 1. The van der Waals surface area contributed by atoms with Crippen LogP contribution in [0.15, 0.2) is 18.2 Å². The van der Waals surface area contributed by atoms with Crippen molar-refractivity contribution in [1.29, 1.82) is 0 Å². The molecule has 1 aliphatic heterocycles. The molecule has 0 saturated carbocycles. The van der Waals surface area contributed by atoms with Crippen LogP contribution in [-0.4, -0.2) is 11.7 Å². The fraction of sp³-hybridized carbons (Fsp3) is 0.429. The predicted octanol–water partition coefficient (Wildman–Crippen LogP) is 2.80. The summed E-state index contributed by atoms with van der Waals surface area (Å²) in [6, 6.07) is 5.58. The van der Waals surface area contributed by atoms with Crippen molar-refractivity contribution >= 4 is 17.4 Å². The number of nitrogens with one attached hydrogen (secondary N) is 1. The van der Waals surface area contributed by atoms with Crippen LogP contribution in [0.4, 0.5) is 5.69 Å². The van der Waals surface area contributed by atoms with Crippen LogP contribution in [0.5, 0.6) is 0 Å². The summed E-state index contributed by atoms with van der Waals surface area (Å²) in [7, 11) is 0. The molecule has 2 rings (SSSR count). The van der Waals surface area contributed by atoms with Gasteiger partial charge in [0.2, 0.25) is 5.91 Å². The van der Waals surface area contributed by atoms with Crippen molar-refractivity contribution < 1.29 is 9.59 Å². The number of amides is 1. The second-order valence-corrected chi connectivity index (χ2v) is 5.50. The molecule has 1 aromatic rings. The number of aryl methyl sites for hydroxylation is 1. The van der Waals surface area contributed by atoms with E-state index in [-0.39, 0.29) is 11.7 Å². The molecule has 17 heavy (non-hydrogen) atoms. The summed E-state index contributed by atoms with van der Waals surface area (Å²) in [5, 5.41) is 2.82. The minimum Gasteiger partial charge on any atom is -0.326 e. The smallest absolute Gasteiger partial charge is 0.224 e. The van der Waals surface area contributed by atoms with E-state index in [2.05, 4.69) is 5.32 Å². The van der Waals surface area contributed by atoms with E-state index in [4.69, 9.17) is 0 Å². The third kappa shape index (κ3) is 2.38. The lowest BCUT2D eigenvalue weighted by molar-refractivity contribution is -0.116. The van der Waals surface area contributed by atoms with E-state index in [0.29, 0.717) is 12.0 Å². The van der Waals surface area contributed by atoms with Crippen molar-refractivity contribution in [3.8, 4) is 0 Å². The van der Waals surface area contributed by atoms with Crippen molar-refractivity contribution in [3.05, 3.63) is 29.3 Å². The van der Waals surface area contributed by atoms with Crippen molar-refractivity contribution in [2.24, 2.45) is 5.41 Å². The molecule has 1 heterocycles. The Hall–Kier alpha value is -1.64. The van der Waals surface area contributed by atoms with E-state index < -0.39 is 5.41 Å². The number of carbonyl (C=O) groups excluding carboxylic acids is 2. The fourth-order valence-corrected chi connectivity index (χ4v) is 1.95. The van der Waals surface area contributed by atoms with Gasteiger partial charge in [0, 0.05) is 23.1 Å². The Morgan fingerprint density at radius 1 is 1.24 bits per heavy atom. The first kappa shape index (κ1) is 11.8. The molecule has 3 heteroatoms. The minimum atomic E-state index is -0.396. The Morgan fingerprint density at radius 3 is 2.59 bits per heavy atom. The van der Waals surface area contributed by atoms with E-state index in [0.717, 1.165) is 17.7 Å². The van der Waals surface area contributed by atoms with Crippen molar-refractivity contribution in [2.45, 2.75) is 33.6 Å². The summed E-state index contributed by atoms with van der Waals surface area (Å²) in [4.78, 5) is 23.4. The highest BCUT2D eigenvalue weighted by Gasteiger charge is 2.24. The van der Waals surface area contributed by atoms with Gasteiger partial charge in [-0.2, -0.15) is 0 Å². The molecule has 1 N–H and O–H groups in total. The molecule has 0 spiro atoms. The molecule has 0 aromatic heterocycles. The number of benzene rings is 1. The molecule has 0 bridgehead atoms. The summed E-state index contributed by atoms with van der Waals surface area (Å²) in [5.74, 6) is 0.123. The number of anilines is 1. The van der Waals surface area contributed by atoms with E-state index >= 15 is 0 Å². The van der Waals surface area contributed by atoms with Gasteiger partial charge in [0.05, 0.1) is 0 Å². The van der Waals surface area contributed by atoms with Gasteiger partial charge < -0.3 is 5.32 Å². The first-order valence-corrected chi connectivity index (χ1v) is 5.85. The number of fused-ring (bicyclic) bond motifs is 1. The highest BCUT2D eigenvalue weighted by atomic mass is 16.1. The summed E-state index contributed by atoms with van der Waals surface area (Å²) in [5.41, 5.74) is 2.16. The molecule has 0 aliphatic carbocycles. The molecule has 0 saturated heterocycles. The van der Waals surface area contributed by atoms with Gasteiger partial charge in [0.25, 0.3) is 0 Å². The molecular weight excluding hydrogens is 214 g/mol. The van der Waals surface area contributed by atoms with Crippen LogP contribution in [-0.2, 0) is 11.2 Å². The van der Waals surface area contributed by atoms with Crippen LogP contribution >= 0.6 is 0 Å². The Bertz CT molecular complexity index is 483. The zero-order valence-electron chi connectivity index (χ0n) is 10.5. The van der Waals surface area contributed by atoms with E-state index in [9.17, 15) is 9.59 Å². The van der Waals surface area contributed by atoms with Crippen LogP contribution < -0.4 is 5.32 Å². The molecule has 3 nitrogen and oxygen atoms in total. The SMILES string of the molecule is CC(C)(C)C(=O)c1ccc2c(c1)NC(=O)CC2. The highest BCUT2D eigenvalue weighted by Crippen LogP contribution is 2.27. The maximum Gasteiger partial charge on any atom is 0.224 e. The number of carbonyl (C=O) groups is 2. The van der Waals surface area contributed by atoms with Crippen molar-refractivity contribution in [1.82, 2.24) is 0 Å². The molecule has 90 valence electrons. The average molecular weight is 231 g/mol. The third-order valence-corrected chi connectivity index (χ3v) is 2.95. The highest BCUT2D eigenvalue weighted by molar-refractivity contribution is 6.02. The summed E-state index contributed by atoms with van der Waals surface area (Å²) in [6.45, 7) is 5.69. The Kier molecular flexibility index (Phi) is 2.77. The molecule has 1 amide bonds. The number of rotatable bonds is 1. The number of hydrogen-bond donors (Lipinski definition) is 1. The first-order valence-electron chi connectivity index (χ1n) is 5.85. The Balaban J connectivity index is 2.37. The maximum absolute atomic E-state index is 12.1. The maximum atomic E-state index is 12.1. The Morgan fingerprint density at radius 2 is 1.94 bits per heavy atom. The summed E-state index contributed by atoms with van der Waals surface area (Å²) >= 11 is 0. The largest absolute Gasteiger partial charge is 0.326 e. The van der Waals surface area contributed by atoms with Gasteiger partial charge in [-0.05, 0) is 18.1 Å². The van der Waals surface area contributed by atoms with E-state index in [1.165, 1.54) is 0 Å². The fourth-order valence-electron chi connectivity index (χ4n) is 1.95. The Labute approximate surface area is 101 Å². The zero-order valence-corrected chi connectivity index (χ0v) is 10.5. The number of hydrogen-bond acceptors (Lipinski definition) is 2. The van der Waals surface area contributed by atoms with E-state index in [1.807, 2.05) is 32.9 Å². The van der Waals surface area contributed by atoms with E-state index in [1.54, 1.807) is 6.07 Å². The third-order valence-electron chi connectivity index (χ3n) is 2.95. The van der Waals surface area contributed by atoms with Gasteiger partial charge >= 0.3 is 0 Å². The lowest BCUT2D eigenvalue weighted by Gasteiger charge is -2.20. The standard InChI is InChI=1S/C14H17NO2/c1-14(2,3)13(17)10-5-4-9-6-7-12(16)15-11(9)8-10/h4-5,8H,6-7H2,1-3H3,(H,15,16). The van der Waals surface area contributed by atoms with Gasteiger partial charge in [0.15, 0.2) is 5.78 Å². The van der Waals surface area contributed by atoms with Gasteiger partial charge in [-0.25, -0.2) is 0 Å². The van der Waals surface area contributed by atoms with Crippen LogP contribution in [0.3, 0.4) is 0 Å².